The molecule has 1 aliphatic heterocycles. The second kappa shape index (κ2) is 9.12. The highest BCUT2D eigenvalue weighted by molar-refractivity contribution is 8.04. The molecule has 1 saturated heterocycles. The van der Waals surface area contributed by atoms with Crippen molar-refractivity contribution in [1.29, 1.82) is 0 Å². The van der Waals surface area contributed by atoms with Crippen molar-refractivity contribution in [2.24, 2.45) is 5.16 Å². The molecule has 0 bridgehead atoms. The fourth-order valence-corrected chi connectivity index (χ4v) is 3.46. The van der Waals surface area contributed by atoms with Crippen LogP contribution in [0.5, 0.6) is 0 Å². The van der Waals surface area contributed by atoms with Crippen molar-refractivity contribution in [3.05, 3.63) is 46.9 Å². The molecule has 24 heavy (non-hydrogen) atoms. The SMILES string of the molecule is COC(=O)CCC/C=C1/SCC(NC(=O)c2ccccc2)/C1=N/O. The number of carbonyl (C=O) groups excluding carboxylic acids is 2. The van der Waals surface area contributed by atoms with Crippen LogP contribution in [0.1, 0.15) is 29.6 Å². The van der Waals surface area contributed by atoms with Crippen LogP contribution in [0, 0.1) is 0 Å². The molecule has 6 nitrogen and oxygen atoms in total. The lowest BCUT2D eigenvalue weighted by atomic mass is 10.1. The van der Waals surface area contributed by atoms with Gasteiger partial charge in [0.15, 0.2) is 0 Å². The summed E-state index contributed by atoms with van der Waals surface area (Å²) in [5, 5.41) is 15.5. The van der Waals surface area contributed by atoms with E-state index in [0.29, 0.717) is 36.3 Å². The Morgan fingerprint density at radius 3 is 2.83 bits per heavy atom. The zero-order valence-corrected chi connectivity index (χ0v) is 14.2. The minimum absolute atomic E-state index is 0.200. The molecule has 1 unspecified atom stereocenters. The predicted molar refractivity (Wildman–Crippen MR) is 93.3 cm³/mol. The number of nitrogens with zero attached hydrogens (tertiary/aromatic N) is 1. The molecule has 1 aromatic carbocycles. The summed E-state index contributed by atoms with van der Waals surface area (Å²) in [6.07, 6.45) is 3.62. The third-order valence-corrected chi connectivity index (χ3v) is 4.77. The van der Waals surface area contributed by atoms with Crippen LogP contribution in [0.4, 0.5) is 0 Å². The van der Waals surface area contributed by atoms with E-state index in [1.165, 1.54) is 18.9 Å². The van der Waals surface area contributed by atoms with Crippen molar-refractivity contribution < 1.29 is 19.5 Å². The van der Waals surface area contributed by atoms with Crippen molar-refractivity contribution in [2.75, 3.05) is 12.9 Å². The molecule has 0 saturated carbocycles. The summed E-state index contributed by atoms with van der Waals surface area (Å²) in [6, 6.07) is 8.57. The summed E-state index contributed by atoms with van der Waals surface area (Å²) in [7, 11) is 1.37. The Labute approximate surface area is 145 Å². The number of hydrogen-bond acceptors (Lipinski definition) is 6. The van der Waals surface area contributed by atoms with E-state index >= 15 is 0 Å². The quantitative estimate of drug-likeness (QED) is 0.357. The van der Waals surface area contributed by atoms with Crippen molar-refractivity contribution in [3.63, 3.8) is 0 Å². The molecular formula is C17H20N2O4S. The lowest BCUT2D eigenvalue weighted by molar-refractivity contribution is -0.140. The fraction of sp³-hybridized carbons (Fsp3) is 0.353. The molecule has 0 spiro atoms. The van der Waals surface area contributed by atoms with Gasteiger partial charge in [0.1, 0.15) is 5.71 Å². The highest BCUT2D eigenvalue weighted by atomic mass is 32.2. The molecule has 0 aromatic heterocycles. The summed E-state index contributed by atoms with van der Waals surface area (Å²) >= 11 is 1.52. The predicted octanol–water partition coefficient (Wildman–Crippen LogP) is 2.59. The number of carbonyl (C=O) groups is 2. The van der Waals surface area contributed by atoms with Gasteiger partial charge in [-0.25, -0.2) is 0 Å². The largest absolute Gasteiger partial charge is 0.469 e. The van der Waals surface area contributed by atoms with Gasteiger partial charge in [-0.05, 0) is 25.0 Å². The molecule has 1 fully saturated rings. The van der Waals surface area contributed by atoms with Crippen LogP contribution >= 0.6 is 11.8 Å². The average molecular weight is 348 g/mol. The Kier molecular flexibility index (Phi) is 6.87. The number of rotatable bonds is 6. The lowest BCUT2D eigenvalue weighted by Crippen LogP contribution is -2.39. The molecule has 2 rings (SSSR count). The zero-order valence-electron chi connectivity index (χ0n) is 13.4. The second-order valence-electron chi connectivity index (χ2n) is 5.23. The first-order chi connectivity index (χ1) is 11.7. The Morgan fingerprint density at radius 2 is 2.17 bits per heavy atom. The maximum absolute atomic E-state index is 12.2. The van der Waals surface area contributed by atoms with Crippen molar-refractivity contribution in [3.8, 4) is 0 Å². The topological polar surface area (TPSA) is 88.0 Å². The maximum atomic E-state index is 12.2. The van der Waals surface area contributed by atoms with E-state index < -0.39 is 0 Å². The third-order valence-electron chi connectivity index (χ3n) is 3.58. The summed E-state index contributed by atoms with van der Waals surface area (Å²) in [5.74, 6) is 0.173. The number of esters is 1. The van der Waals surface area contributed by atoms with Gasteiger partial charge in [-0.1, -0.05) is 29.4 Å². The minimum Gasteiger partial charge on any atom is -0.469 e. The van der Waals surface area contributed by atoms with E-state index in [1.54, 1.807) is 24.3 Å². The van der Waals surface area contributed by atoms with E-state index in [2.05, 4.69) is 15.2 Å². The number of oxime groups is 1. The number of nitrogens with one attached hydrogen (secondary N) is 1. The number of ether oxygens (including phenoxy) is 1. The Morgan fingerprint density at radius 1 is 1.42 bits per heavy atom. The standard InChI is InChI=1S/C17H20N2O4S/c1-23-15(20)10-6-5-9-14-16(19-22)13(11-24-14)18-17(21)12-7-3-2-4-8-12/h2-4,7-9,13,22H,5-6,10-11H2,1H3,(H,18,21)/b14-9+,19-16-. The lowest BCUT2D eigenvalue weighted by Gasteiger charge is -2.12. The Balaban J connectivity index is 1.92. The van der Waals surface area contributed by atoms with E-state index in [1.807, 2.05) is 12.1 Å². The van der Waals surface area contributed by atoms with E-state index in [4.69, 9.17) is 0 Å². The first-order valence-corrected chi connectivity index (χ1v) is 8.62. The third kappa shape index (κ3) is 4.86. The van der Waals surface area contributed by atoms with Gasteiger partial charge in [0.25, 0.3) is 5.91 Å². The monoisotopic (exact) mass is 348 g/mol. The van der Waals surface area contributed by atoms with E-state index in [0.717, 1.165) is 4.91 Å². The van der Waals surface area contributed by atoms with Crippen LogP contribution in [-0.2, 0) is 9.53 Å². The molecule has 7 heteroatoms. The van der Waals surface area contributed by atoms with Gasteiger partial charge >= 0.3 is 5.97 Å². The molecule has 1 aliphatic rings. The zero-order chi connectivity index (χ0) is 17.4. The first-order valence-electron chi connectivity index (χ1n) is 7.63. The molecule has 2 N–H and O–H groups in total. The fourth-order valence-electron chi connectivity index (χ4n) is 2.30. The number of allylic oxidation sites excluding steroid dienone is 1. The normalized spacial score (nSPS) is 20.3. The molecule has 1 heterocycles. The van der Waals surface area contributed by atoms with Gasteiger partial charge in [0, 0.05) is 22.6 Å². The molecule has 1 amide bonds. The van der Waals surface area contributed by atoms with Crippen LogP contribution in [0.25, 0.3) is 0 Å². The van der Waals surface area contributed by atoms with Gasteiger partial charge in [-0.2, -0.15) is 0 Å². The molecule has 1 atom stereocenters. The van der Waals surface area contributed by atoms with Gasteiger partial charge in [0.2, 0.25) is 0 Å². The number of amides is 1. The number of hydrogen-bond donors (Lipinski definition) is 2. The first kappa shape index (κ1) is 18.1. The minimum atomic E-state index is -0.334. The van der Waals surface area contributed by atoms with Crippen LogP contribution < -0.4 is 5.32 Å². The second-order valence-corrected chi connectivity index (χ2v) is 6.29. The number of methoxy groups -OCH3 is 1. The average Bonchev–Trinajstić information content (AvgIpc) is 3.00. The highest BCUT2D eigenvalue weighted by Gasteiger charge is 2.30. The molecule has 128 valence electrons. The number of unbranched alkanes of at least 4 members (excludes halogenated alkanes) is 1. The summed E-state index contributed by atoms with van der Waals surface area (Å²) in [6.45, 7) is 0. The number of thioether (sulfide) groups is 1. The van der Waals surface area contributed by atoms with Crippen molar-refractivity contribution in [1.82, 2.24) is 5.32 Å². The Hall–Kier alpha value is -2.28. The Bertz CT molecular complexity index is 643. The highest BCUT2D eigenvalue weighted by Crippen LogP contribution is 2.29. The van der Waals surface area contributed by atoms with Crippen LogP contribution in [0.2, 0.25) is 0 Å². The van der Waals surface area contributed by atoms with Crippen LogP contribution in [0.15, 0.2) is 46.5 Å². The molecule has 0 radical (unpaired) electrons. The van der Waals surface area contributed by atoms with Gasteiger partial charge in [-0.15, -0.1) is 11.8 Å². The van der Waals surface area contributed by atoms with Crippen LogP contribution in [-0.4, -0.2) is 41.7 Å². The maximum Gasteiger partial charge on any atom is 0.305 e. The van der Waals surface area contributed by atoms with E-state index in [-0.39, 0.29) is 17.9 Å². The van der Waals surface area contributed by atoms with Gasteiger partial charge in [0.05, 0.1) is 13.2 Å². The molecular weight excluding hydrogens is 328 g/mol. The van der Waals surface area contributed by atoms with Crippen LogP contribution in [0.3, 0.4) is 0 Å². The van der Waals surface area contributed by atoms with Crippen molar-refractivity contribution in [2.45, 2.75) is 25.3 Å². The molecule has 0 aliphatic carbocycles. The smallest absolute Gasteiger partial charge is 0.305 e. The van der Waals surface area contributed by atoms with E-state index in [9.17, 15) is 14.8 Å². The van der Waals surface area contributed by atoms with Crippen molar-refractivity contribution >= 4 is 29.4 Å². The van der Waals surface area contributed by atoms with Gasteiger partial charge < -0.3 is 15.3 Å². The molecule has 1 aromatic rings. The number of benzene rings is 1. The summed E-state index contributed by atoms with van der Waals surface area (Å²) in [4.78, 5) is 24.1. The summed E-state index contributed by atoms with van der Waals surface area (Å²) < 4.78 is 4.59. The van der Waals surface area contributed by atoms with Gasteiger partial charge in [-0.3, -0.25) is 9.59 Å². The summed E-state index contributed by atoms with van der Waals surface area (Å²) in [5.41, 5.74) is 1.03.